The lowest BCUT2D eigenvalue weighted by Gasteiger charge is -2.20. The molecule has 0 aliphatic heterocycles. The van der Waals surface area contributed by atoms with Gasteiger partial charge in [-0.3, -0.25) is 0 Å². The highest BCUT2D eigenvalue weighted by molar-refractivity contribution is 7.16. The third-order valence-corrected chi connectivity index (χ3v) is 4.02. The molecule has 0 aliphatic carbocycles. The Morgan fingerprint density at radius 1 is 1.44 bits per heavy atom. The van der Waals surface area contributed by atoms with E-state index in [1.165, 1.54) is 11.3 Å². The van der Waals surface area contributed by atoms with Gasteiger partial charge in [0, 0.05) is 17.5 Å². The first kappa shape index (κ1) is 13.6. The molecule has 2 aromatic heterocycles. The van der Waals surface area contributed by atoms with Gasteiger partial charge in [-0.15, -0.1) is 11.3 Å². The predicted molar refractivity (Wildman–Crippen MR) is 74.2 cm³/mol. The number of hydrogen-bond donors (Lipinski definition) is 2. The van der Waals surface area contributed by atoms with E-state index in [1.807, 2.05) is 31.2 Å². The zero-order chi connectivity index (χ0) is 13.0. The van der Waals surface area contributed by atoms with Crippen molar-refractivity contribution in [1.82, 2.24) is 5.32 Å². The summed E-state index contributed by atoms with van der Waals surface area (Å²) in [5.41, 5.74) is 0. The van der Waals surface area contributed by atoms with E-state index in [2.05, 4.69) is 5.32 Å². The van der Waals surface area contributed by atoms with E-state index in [1.54, 1.807) is 6.26 Å². The number of aliphatic hydroxyl groups is 1. The van der Waals surface area contributed by atoms with Gasteiger partial charge < -0.3 is 14.8 Å². The van der Waals surface area contributed by atoms with Gasteiger partial charge in [-0.25, -0.2) is 0 Å². The lowest BCUT2D eigenvalue weighted by Crippen LogP contribution is -2.31. The molecule has 0 saturated heterocycles. The highest BCUT2D eigenvalue weighted by Crippen LogP contribution is 2.31. The summed E-state index contributed by atoms with van der Waals surface area (Å²) in [6, 6.07) is 7.88. The van der Waals surface area contributed by atoms with Gasteiger partial charge in [0.05, 0.1) is 10.6 Å². The average Bonchev–Trinajstić information content (AvgIpc) is 2.97. The number of hydrogen-bond acceptors (Lipinski definition) is 4. The van der Waals surface area contributed by atoms with E-state index >= 15 is 0 Å². The maximum Gasteiger partial charge on any atom is 0.126 e. The molecule has 0 fully saturated rings. The Labute approximate surface area is 115 Å². The number of nitrogens with one attached hydrogen (secondary N) is 1. The summed E-state index contributed by atoms with van der Waals surface area (Å²) < 4.78 is 6.24. The molecule has 2 rings (SSSR count). The van der Waals surface area contributed by atoms with Crippen molar-refractivity contribution in [2.45, 2.75) is 25.4 Å². The van der Waals surface area contributed by atoms with Crippen LogP contribution in [0.1, 0.15) is 30.0 Å². The summed E-state index contributed by atoms with van der Waals surface area (Å²) in [6.07, 6.45) is 2.37. The van der Waals surface area contributed by atoms with Crippen molar-refractivity contribution < 1.29 is 9.52 Å². The monoisotopic (exact) mass is 285 g/mol. The average molecular weight is 286 g/mol. The van der Waals surface area contributed by atoms with E-state index in [0.29, 0.717) is 6.42 Å². The van der Waals surface area contributed by atoms with Crippen molar-refractivity contribution in [3.63, 3.8) is 0 Å². The maximum absolute atomic E-state index is 8.97. The highest BCUT2D eigenvalue weighted by Gasteiger charge is 2.20. The topological polar surface area (TPSA) is 45.4 Å². The second-order valence-corrected chi connectivity index (χ2v) is 5.92. The van der Waals surface area contributed by atoms with Gasteiger partial charge in [-0.1, -0.05) is 11.6 Å². The van der Waals surface area contributed by atoms with Crippen molar-refractivity contribution in [2.75, 3.05) is 6.61 Å². The number of furan rings is 1. The Bertz CT molecular complexity index is 469. The zero-order valence-electron chi connectivity index (χ0n) is 10.1. The molecule has 2 unspecified atom stereocenters. The molecule has 2 heterocycles. The SMILES string of the molecule is CC(CCO)NC(c1ccco1)c1ccc(Cl)s1. The summed E-state index contributed by atoms with van der Waals surface area (Å²) in [6.45, 7) is 2.21. The van der Waals surface area contributed by atoms with E-state index in [9.17, 15) is 0 Å². The van der Waals surface area contributed by atoms with Crippen LogP contribution in [-0.4, -0.2) is 17.8 Å². The van der Waals surface area contributed by atoms with E-state index in [0.717, 1.165) is 15.0 Å². The van der Waals surface area contributed by atoms with Crippen LogP contribution in [0.25, 0.3) is 0 Å². The van der Waals surface area contributed by atoms with Gasteiger partial charge in [0.25, 0.3) is 0 Å². The summed E-state index contributed by atoms with van der Waals surface area (Å²) >= 11 is 7.52. The fraction of sp³-hybridized carbons (Fsp3) is 0.385. The van der Waals surface area contributed by atoms with Crippen LogP contribution in [0, 0.1) is 0 Å². The molecule has 3 nitrogen and oxygen atoms in total. The Morgan fingerprint density at radius 2 is 2.28 bits per heavy atom. The Morgan fingerprint density at radius 3 is 2.83 bits per heavy atom. The van der Waals surface area contributed by atoms with Gasteiger partial charge in [0.2, 0.25) is 0 Å². The smallest absolute Gasteiger partial charge is 0.126 e. The van der Waals surface area contributed by atoms with Gasteiger partial charge in [-0.2, -0.15) is 0 Å². The molecule has 0 aromatic carbocycles. The molecule has 0 bridgehead atoms. The molecule has 5 heteroatoms. The van der Waals surface area contributed by atoms with Crippen LogP contribution < -0.4 is 5.32 Å². The minimum Gasteiger partial charge on any atom is -0.467 e. The van der Waals surface area contributed by atoms with Crippen LogP contribution >= 0.6 is 22.9 Å². The summed E-state index contributed by atoms with van der Waals surface area (Å²) in [5.74, 6) is 0.860. The highest BCUT2D eigenvalue weighted by atomic mass is 35.5. The van der Waals surface area contributed by atoms with Crippen LogP contribution in [0.15, 0.2) is 34.9 Å². The minimum atomic E-state index is -0.0148. The lowest BCUT2D eigenvalue weighted by atomic mass is 10.1. The molecule has 2 aromatic rings. The third kappa shape index (κ3) is 3.36. The minimum absolute atomic E-state index is 0.0148. The van der Waals surface area contributed by atoms with E-state index in [-0.39, 0.29) is 18.7 Å². The zero-order valence-corrected chi connectivity index (χ0v) is 11.7. The first-order chi connectivity index (χ1) is 8.70. The van der Waals surface area contributed by atoms with Crippen LogP contribution in [0.5, 0.6) is 0 Å². The lowest BCUT2D eigenvalue weighted by molar-refractivity contribution is 0.263. The fourth-order valence-electron chi connectivity index (χ4n) is 1.80. The standard InChI is InChI=1S/C13H16ClNO2S/c1-9(6-7-16)15-13(10-3-2-8-17-10)11-4-5-12(14)18-11/h2-5,8-9,13,15-16H,6-7H2,1H3. The number of thiophene rings is 1. The molecule has 2 atom stereocenters. The normalized spacial score (nSPS) is 14.6. The number of rotatable bonds is 6. The first-order valence-electron chi connectivity index (χ1n) is 5.86. The van der Waals surface area contributed by atoms with E-state index in [4.69, 9.17) is 21.1 Å². The third-order valence-electron chi connectivity index (χ3n) is 2.72. The first-order valence-corrected chi connectivity index (χ1v) is 7.05. The van der Waals surface area contributed by atoms with Gasteiger partial charge in [0.15, 0.2) is 0 Å². The predicted octanol–water partition coefficient (Wildman–Crippen LogP) is 3.44. The van der Waals surface area contributed by atoms with Gasteiger partial charge in [-0.05, 0) is 37.6 Å². The van der Waals surface area contributed by atoms with E-state index < -0.39 is 0 Å². The second-order valence-electron chi connectivity index (χ2n) is 4.17. The molecule has 2 N–H and O–H groups in total. The molecule has 0 aliphatic rings. The Balaban J connectivity index is 2.18. The molecular formula is C13H16ClNO2S. The number of aliphatic hydroxyl groups excluding tert-OH is 1. The van der Waals surface area contributed by atoms with Crippen molar-refractivity contribution >= 4 is 22.9 Å². The van der Waals surface area contributed by atoms with Crippen molar-refractivity contribution in [3.05, 3.63) is 45.5 Å². The largest absolute Gasteiger partial charge is 0.467 e. The van der Waals surface area contributed by atoms with Crippen molar-refractivity contribution in [2.24, 2.45) is 0 Å². The van der Waals surface area contributed by atoms with Crippen molar-refractivity contribution in [1.29, 1.82) is 0 Å². The fourth-order valence-corrected chi connectivity index (χ4v) is 2.93. The molecular weight excluding hydrogens is 270 g/mol. The quantitative estimate of drug-likeness (QED) is 0.854. The molecule has 0 radical (unpaired) electrons. The Hall–Kier alpha value is -0.810. The maximum atomic E-state index is 8.97. The van der Waals surface area contributed by atoms with Crippen LogP contribution in [0.3, 0.4) is 0 Å². The van der Waals surface area contributed by atoms with Crippen LogP contribution in [0.2, 0.25) is 4.34 Å². The van der Waals surface area contributed by atoms with Gasteiger partial charge >= 0.3 is 0 Å². The molecule has 98 valence electrons. The Kier molecular flexibility index (Phi) is 4.83. The molecule has 18 heavy (non-hydrogen) atoms. The van der Waals surface area contributed by atoms with Crippen LogP contribution in [0.4, 0.5) is 0 Å². The van der Waals surface area contributed by atoms with Gasteiger partial charge in [0.1, 0.15) is 11.8 Å². The molecule has 0 spiro atoms. The summed E-state index contributed by atoms with van der Waals surface area (Å²) in [7, 11) is 0. The second kappa shape index (κ2) is 6.38. The molecule has 0 amide bonds. The van der Waals surface area contributed by atoms with Crippen molar-refractivity contribution in [3.8, 4) is 0 Å². The number of halogens is 1. The molecule has 0 saturated carbocycles. The summed E-state index contributed by atoms with van der Waals surface area (Å²) in [5, 5.41) is 12.4. The van der Waals surface area contributed by atoms with Crippen LogP contribution in [-0.2, 0) is 0 Å². The summed E-state index contributed by atoms with van der Waals surface area (Å²) in [4.78, 5) is 1.11.